The Morgan fingerprint density at radius 1 is 1.26 bits per heavy atom. The molecule has 1 fully saturated rings. The van der Waals surface area contributed by atoms with E-state index < -0.39 is 0 Å². The van der Waals surface area contributed by atoms with Gasteiger partial charge in [0.05, 0.1) is 0 Å². The minimum Gasteiger partial charge on any atom is -0.339 e. The molecule has 0 bridgehead atoms. The summed E-state index contributed by atoms with van der Waals surface area (Å²) >= 11 is 0. The summed E-state index contributed by atoms with van der Waals surface area (Å²) in [5.74, 6) is 0.645. The van der Waals surface area contributed by atoms with Crippen LogP contribution in [0.2, 0.25) is 0 Å². The molecular weight excluding hydrogens is 242 g/mol. The van der Waals surface area contributed by atoms with E-state index in [9.17, 15) is 4.79 Å². The van der Waals surface area contributed by atoms with Gasteiger partial charge in [0.15, 0.2) is 0 Å². The highest BCUT2D eigenvalue weighted by Crippen LogP contribution is 2.32. The molecule has 1 saturated carbocycles. The maximum absolute atomic E-state index is 12.1. The number of nitrogens with two attached hydrogens (primary N) is 1. The highest BCUT2D eigenvalue weighted by Gasteiger charge is 2.28. The first-order valence-corrected chi connectivity index (χ1v) is 6.43. The van der Waals surface area contributed by atoms with Crippen LogP contribution >= 0.6 is 0 Å². The second-order valence-electron chi connectivity index (χ2n) is 4.92. The molecule has 1 aromatic carbocycles. The number of benzene rings is 1. The number of hydrogen-bond acceptors (Lipinski definition) is 5. The fourth-order valence-electron chi connectivity index (χ4n) is 2.45. The van der Waals surface area contributed by atoms with Crippen molar-refractivity contribution in [1.82, 2.24) is 10.1 Å². The van der Waals surface area contributed by atoms with E-state index >= 15 is 0 Å². The molecule has 5 heteroatoms. The predicted molar refractivity (Wildman–Crippen MR) is 68.7 cm³/mol. The summed E-state index contributed by atoms with van der Waals surface area (Å²) in [6.45, 7) is 0. The standard InChI is InChI=1S/C14H15N3O2/c15-11-7-6-10(8-11)14-16-13(17-19-14)12(18)9-4-2-1-3-5-9/h1-5,10-11H,6-8,15H2. The quantitative estimate of drug-likeness (QED) is 0.849. The Hall–Kier alpha value is -2.01. The lowest BCUT2D eigenvalue weighted by atomic mass is 10.1. The summed E-state index contributed by atoms with van der Waals surface area (Å²) in [6.07, 6.45) is 2.76. The summed E-state index contributed by atoms with van der Waals surface area (Å²) in [7, 11) is 0. The summed E-state index contributed by atoms with van der Waals surface area (Å²) < 4.78 is 5.20. The summed E-state index contributed by atoms with van der Waals surface area (Å²) in [6, 6.07) is 9.16. The number of carbonyl (C=O) groups is 1. The van der Waals surface area contributed by atoms with Gasteiger partial charge in [-0.3, -0.25) is 4.79 Å². The van der Waals surface area contributed by atoms with Gasteiger partial charge in [-0.15, -0.1) is 0 Å². The van der Waals surface area contributed by atoms with Crippen LogP contribution in [0.5, 0.6) is 0 Å². The Labute approximate surface area is 110 Å². The molecule has 1 heterocycles. The molecule has 1 aromatic heterocycles. The molecule has 0 aliphatic heterocycles. The fraction of sp³-hybridized carbons (Fsp3) is 0.357. The van der Waals surface area contributed by atoms with Crippen LogP contribution in [0, 0.1) is 0 Å². The minimum atomic E-state index is -0.210. The number of rotatable bonds is 3. The van der Waals surface area contributed by atoms with Crippen LogP contribution in [0.1, 0.15) is 47.3 Å². The SMILES string of the molecule is NC1CCC(c2nc(C(=O)c3ccccc3)no2)C1. The first kappa shape index (κ1) is 12.0. The fourth-order valence-corrected chi connectivity index (χ4v) is 2.45. The van der Waals surface area contributed by atoms with Crippen molar-refractivity contribution in [2.24, 2.45) is 5.73 Å². The molecule has 98 valence electrons. The smallest absolute Gasteiger partial charge is 0.243 e. The van der Waals surface area contributed by atoms with Crippen LogP contribution in [0.3, 0.4) is 0 Å². The third-order valence-corrected chi connectivity index (χ3v) is 3.50. The van der Waals surface area contributed by atoms with Gasteiger partial charge in [0.25, 0.3) is 0 Å². The Bertz CT molecular complexity index is 579. The Balaban J connectivity index is 1.80. The summed E-state index contributed by atoms with van der Waals surface area (Å²) in [4.78, 5) is 16.3. The minimum absolute atomic E-state index is 0.127. The van der Waals surface area contributed by atoms with Crippen molar-refractivity contribution < 1.29 is 9.32 Å². The van der Waals surface area contributed by atoms with Gasteiger partial charge in [-0.2, -0.15) is 4.98 Å². The van der Waals surface area contributed by atoms with E-state index in [-0.39, 0.29) is 23.6 Å². The van der Waals surface area contributed by atoms with Crippen molar-refractivity contribution in [3.05, 3.63) is 47.6 Å². The average Bonchev–Trinajstić information content (AvgIpc) is 3.07. The first-order chi connectivity index (χ1) is 9.24. The number of ketones is 1. The molecule has 2 N–H and O–H groups in total. The molecular formula is C14H15N3O2. The summed E-state index contributed by atoms with van der Waals surface area (Å²) in [5, 5.41) is 3.79. The summed E-state index contributed by atoms with van der Waals surface area (Å²) in [5.41, 5.74) is 6.43. The van der Waals surface area contributed by atoms with Gasteiger partial charge in [0.2, 0.25) is 17.5 Å². The highest BCUT2D eigenvalue weighted by molar-refractivity contribution is 6.06. The second kappa shape index (κ2) is 4.93. The van der Waals surface area contributed by atoms with Gasteiger partial charge in [0, 0.05) is 17.5 Å². The molecule has 0 spiro atoms. The monoisotopic (exact) mass is 257 g/mol. The molecule has 19 heavy (non-hydrogen) atoms. The molecule has 0 radical (unpaired) electrons. The van der Waals surface area contributed by atoms with E-state index in [1.165, 1.54) is 0 Å². The van der Waals surface area contributed by atoms with E-state index in [1.807, 2.05) is 18.2 Å². The van der Waals surface area contributed by atoms with Crippen LogP contribution < -0.4 is 5.73 Å². The van der Waals surface area contributed by atoms with Gasteiger partial charge >= 0.3 is 0 Å². The van der Waals surface area contributed by atoms with Gasteiger partial charge < -0.3 is 10.3 Å². The van der Waals surface area contributed by atoms with Gasteiger partial charge in [-0.1, -0.05) is 35.5 Å². The van der Waals surface area contributed by atoms with Crippen molar-refractivity contribution in [1.29, 1.82) is 0 Å². The second-order valence-corrected chi connectivity index (χ2v) is 4.92. The third kappa shape index (κ3) is 2.42. The molecule has 5 nitrogen and oxygen atoms in total. The van der Waals surface area contributed by atoms with Crippen LogP contribution in [-0.4, -0.2) is 22.0 Å². The Kier molecular flexibility index (Phi) is 3.13. The highest BCUT2D eigenvalue weighted by atomic mass is 16.5. The van der Waals surface area contributed by atoms with Crippen LogP contribution in [0.25, 0.3) is 0 Å². The van der Waals surface area contributed by atoms with Crippen molar-refractivity contribution in [3.63, 3.8) is 0 Å². The third-order valence-electron chi connectivity index (χ3n) is 3.50. The van der Waals surface area contributed by atoms with Crippen molar-refractivity contribution in [2.45, 2.75) is 31.2 Å². The molecule has 2 aromatic rings. The van der Waals surface area contributed by atoms with Crippen LogP contribution in [-0.2, 0) is 0 Å². The first-order valence-electron chi connectivity index (χ1n) is 6.43. The van der Waals surface area contributed by atoms with Crippen LogP contribution in [0.15, 0.2) is 34.9 Å². The van der Waals surface area contributed by atoms with Crippen molar-refractivity contribution >= 4 is 5.78 Å². The van der Waals surface area contributed by atoms with E-state index in [1.54, 1.807) is 12.1 Å². The van der Waals surface area contributed by atoms with Crippen molar-refractivity contribution in [2.75, 3.05) is 0 Å². The largest absolute Gasteiger partial charge is 0.339 e. The maximum atomic E-state index is 12.1. The Morgan fingerprint density at radius 2 is 2.05 bits per heavy atom. The number of hydrogen-bond donors (Lipinski definition) is 1. The van der Waals surface area contributed by atoms with Gasteiger partial charge in [-0.25, -0.2) is 0 Å². The molecule has 3 rings (SSSR count). The van der Waals surface area contributed by atoms with Crippen LogP contribution in [0.4, 0.5) is 0 Å². The van der Waals surface area contributed by atoms with E-state index in [4.69, 9.17) is 10.3 Å². The molecule has 2 unspecified atom stereocenters. The lowest BCUT2D eigenvalue weighted by Crippen LogP contribution is -2.14. The molecule has 2 atom stereocenters. The van der Waals surface area contributed by atoms with Gasteiger partial charge in [-0.05, 0) is 19.3 Å². The molecule has 0 saturated heterocycles. The topological polar surface area (TPSA) is 82.0 Å². The molecule has 1 aliphatic carbocycles. The predicted octanol–water partition coefficient (Wildman–Crippen LogP) is 1.90. The number of aromatic nitrogens is 2. The van der Waals surface area contributed by atoms with E-state index in [0.29, 0.717) is 11.5 Å². The number of carbonyl (C=O) groups excluding carboxylic acids is 1. The zero-order valence-corrected chi connectivity index (χ0v) is 10.5. The van der Waals surface area contributed by atoms with E-state index in [0.717, 1.165) is 19.3 Å². The number of nitrogens with zero attached hydrogens (tertiary/aromatic N) is 2. The lowest BCUT2D eigenvalue weighted by molar-refractivity contribution is 0.102. The zero-order chi connectivity index (χ0) is 13.2. The average molecular weight is 257 g/mol. The Morgan fingerprint density at radius 3 is 2.74 bits per heavy atom. The zero-order valence-electron chi connectivity index (χ0n) is 10.5. The lowest BCUT2D eigenvalue weighted by Gasteiger charge is -2.01. The molecule has 1 aliphatic rings. The molecule has 0 amide bonds. The van der Waals surface area contributed by atoms with Crippen molar-refractivity contribution in [3.8, 4) is 0 Å². The maximum Gasteiger partial charge on any atom is 0.243 e. The van der Waals surface area contributed by atoms with E-state index in [2.05, 4.69) is 10.1 Å². The normalized spacial score (nSPS) is 22.6. The van der Waals surface area contributed by atoms with Gasteiger partial charge in [0.1, 0.15) is 0 Å².